The number of nitrogens with zero attached hydrogens (tertiary/aromatic N) is 7. The molecule has 3 aliphatic rings. The maximum Gasteiger partial charge on any atom is 0.221 e. The second kappa shape index (κ2) is 12.3. The summed E-state index contributed by atoms with van der Waals surface area (Å²) in [4.78, 5) is 19.9. The van der Waals surface area contributed by atoms with Gasteiger partial charge in [-0.1, -0.05) is 30.3 Å². The molecule has 1 atom stereocenters. The van der Waals surface area contributed by atoms with E-state index in [-0.39, 0.29) is 11.7 Å². The molecule has 10 nitrogen and oxygen atoms in total. The highest BCUT2D eigenvalue weighted by molar-refractivity contribution is 5.89. The summed E-state index contributed by atoms with van der Waals surface area (Å²) in [7, 11) is 0. The molecule has 3 saturated heterocycles. The van der Waals surface area contributed by atoms with Crippen LogP contribution in [-0.4, -0.2) is 88.3 Å². The lowest BCUT2D eigenvalue weighted by molar-refractivity contribution is 0.109. The molecule has 230 valence electrons. The number of piperidine rings is 1. The summed E-state index contributed by atoms with van der Waals surface area (Å²) in [5.74, 6) is 2.24. The molecule has 3 fully saturated rings. The first-order valence-electron chi connectivity index (χ1n) is 15.7. The fourth-order valence-electron chi connectivity index (χ4n) is 5.96. The fraction of sp³-hybridized carbons (Fsp3) is 0.471. The summed E-state index contributed by atoms with van der Waals surface area (Å²) in [6.45, 7) is 12.7. The van der Waals surface area contributed by atoms with Crippen LogP contribution in [0.15, 0.2) is 65.8 Å². The Balaban J connectivity index is 1.17. The lowest BCUT2D eigenvalue weighted by Crippen LogP contribution is -2.37. The van der Waals surface area contributed by atoms with E-state index in [2.05, 4.69) is 44.8 Å². The smallest absolute Gasteiger partial charge is 0.221 e. The van der Waals surface area contributed by atoms with Gasteiger partial charge in [-0.3, -0.25) is 4.90 Å². The van der Waals surface area contributed by atoms with Gasteiger partial charge in [0.15, 0.2) is 17.6 Å². The number of epoxide rings is 1. The minimum Gasteiger partial charge on any atom is -0.473 e. The highest BCUT2D eigenvalue weighted by Crippen LogP contribution is 2.33. The number of anilines is 1. The summed E-state index contributed by atoms with van der Waals surface area (Å²) in [5, 5.41) is 5.91. The quantitative estimate of drug-likeness (QED) is 0.159. The van der Waals surface area contributed by atoms with Crippen molar-refractivity contribution in [3.8, 4) is 11.4 Å². The van der Waals surface area contributed by atoms with E-state index in [1.807, 2.05) is 51.2 Å². The molecule has 2 aromatic heterocycles. The fourth-order valence-corrected chi connectivity index (χ4v) is 5.96. The number of benzene rings is 2. The van der Waals surface area contributed by atoms with Crippen molar-refractivity contribution in [2.75, 3.05) is 50.9 Å². The zero-order valence-corrected chi connectivity index (χ0v) is 25.9. The standard InChI is InChI=1S/C34H41N7O3/c1-34(2,3)44-33(29-23-43-29)36-26-11-9-25(10-12-26)30-37-31(40-17-19-42-20-18-40)28-21-35-41(32(28)38-30)27-13-15-39(16-14-27)22-24-7-5-4-6-8-24/h4-12,21,27,29H,13-20,22-23H2,1-3H3. The predicted molar refractivity (Wildman–Crippen MR) is 171 cm³/mol. The predicted octanol–water partition coefficient (Wildman–Crippen LogP) is 5.41. The second-order valence-electron chi connectivity index (χ2n) is 12.8. The molecule has 4 aromatic rings. The van der Waals surface area contributed by atoms with Crippen LogP contribution in [0, 0.1) is 0 Å². The number of likely N-dealkylation sites (tertiary alicyclic amines) is 1. The minimum atomic E-state index is -0.342. The molecule has 0 spiro atoms. The lowest BCUT2D eigenvalue weighted by atomic mass is 10.0. The molecule has 2 aromatic carbocycles. The average molecular weight is 596 g/mol. The zero-order chi connectivity index (χ0) is 30.1. The number of hydrogen-bond acceptors (Lipinski definition) is 9. The molecule has 0 bridgehead atoms. The highest BCUT2D eigenvalue weighted by atomic mass is 16.6. The van der Waals surface area contributed by atoms with Gasteiger partial charge in [0.2, 0.25) is 5.90 Å². The Hall–Kier alpha value is -3.86. The van der Waals surface area contributed by atoms with E-state index in [4.69, 9.17) is 34.3 Å². The molecule has 0 saturated carbocycles. The summed E-state index contributed by atoms with van der Waals surface area (Å²) in [6, 6.07) is 19.1. The number of fused-ring (bicyclic) bond motifs is 1. The Kier molecular flexibility index (Phi) is 8.05. The van der Waals surface area contributed by atoms with E-state index in [1.165, 1.54) is 5.56 Å². The van der Waals surface area contributed by atoms with Crippen molar-refractivity contribution in [1.29, 1.82) is 0 Å². The van der Waals surface area contributed by atoms with Crippen LogP contribution in [0.2, 0.25) is 0 Å². The number of morpholine rings is 1. The Bertz CT molecular complexity index is 1600. The molecular formula is C34H41N7O3. The molecule has 1 unspecified atom stereocenters. The van der Waals surface area contributed by atoms with Crippen LogP contribution in [0.5, 0.6) is 0 Å². The first-order valence-corrected chi connectivity index (χ1v) is 15.7. The molecule has 10 heteroatoms. The second-order valence-corrected chi connectivity index (χ2v) is 12.8. The van der Waals surface area contributed by atoms with Gasteiger partial charge in [0.25, 0.3) is 0 Å². The van der Waals surface area contributed by atoms with Gasteiger partial charge in [-0.05, 0) is 63.4 Å². The van der Waals surface area contributed by atoms with Crippen molar-refractivity contribution < 1.29 is 14.2 Å². The van der Waals surface area contributed by atoms with Crippen molar-refractivity contribution in [3.63, 3.8) is 0 Å². The van der Waals surface area contributed by atoms with Gasteiger partial charge in [-0.15, -0.1) is 0 Å². The van der Waals surface area contributed by atoms with E-state index in [0.29, 0.717) is 37.6 Å². The van der Waals surface area contributed by atoms with Crippen LogP contribution in [0.4, 0.5) is 11.5 Å². The largest absolute Gasteiger partial charge is 0.473 e. The topological polar surface area (TPSA) is 93.4 Å². The normalized spacial score (nSPS) is 20.3. The molecule has 3 aliphatic heterocycles. The van der Waals surface area contributed by atoms with Crippen LogP contribution >= 0.6 is 0 Å². The van der Waals surface area contributed by atoms with E-state index >= 15 is 0 Å². The average Bonchev–Trinajstić information content (AvgIpc) is 3.80. The van der Waals surface area contributed by atoms with E-state index in [9.17, 15) is 0 Å². The highest BCUT2D eigenvalue weighted by Gasteiger charge is 2.33. The third-order valence-corrected chi connectivity index (χ3v) is 8.28. The molecule has 0 radical (unpaired) electrons. The first kappa shape index (κ1) is 28.9. The Morgan fingerprint density at radius 1 is 0.955 bits per heavy atom. The van der Waals surface area contributed by atoms with Crippen molar-refractivity contribution >= 4 is 28.4 Å². The van der Waals surface area contributed by atoms with Crippen molar-refractivity contribution in [3.05, 3.63) is 66.4 Å². The maximum absolute atomic E-state index is 6.08. The van der Waals surface area contributed by atoms with Crippen molar-refractivity contribution in [2.45, 2.75) is 57.9 Å². The van der Waals surface area contributed by atoms with Gasteiger partial charge in [-0.25, -0.2) is 19.6 Å². The minimum absolute atomic E-state index is 0.0683. The van der Waals surface area contributed by atoms with Gasteiger partial charge >= 0.3 is 0 Å². The van der Waals surface area contributed by atoms with Crippen molar-refractivity contribution in [1.82, 2.24) is 24.6 Å². The Labute approximate surface area is 258 Å². The van der Waals surface area contributed by atoms with Crippen LogP contribution in [-0.2, 0) is 20.8 Å². The van der Waals surface area contributed by atoms with Gasteiger partial charge in [0.05, 0.1) is 43.1 Å². The van der Waals surface area contributed by atoms with E-state index < -0.39 is 0 Å². The molecular weight excluding hydrogens is 554 g/mol. The van der Waals surface area contributed by atoms with E-state index in [0.717, 1.165) is 73.7 Å². The molecule has 7 rings (SSSR count). The number of aliphatic imine (C=N–C) groups is 1. The van der Waals surface area contributed by atoms with Crippen LogP contribution in [0.25, 0.3) is 22.4 Å². The molecule has 0 N–H and O–H groups in total. The summed E-state index contributed by atoms with van der Waals surface area (Å²) >= 11 is 0. The Morgan fingerprint density at radius 2 is 1.68 bits per heavy atom. The molecule has 0 aliphatic carbocycles. The summed E-state index contributed by atoms with van der Waals surface area (Å²) < 4.78 is 19.4. The van der Waals surface area contributed by atoms with Crippen LogP contribution < -0.4 is 4.90 Å². The number of aromatic nitrogens is 4. The molecule has 0 amide bonds. The monoisotopic (exact) mass is 595 g/mol. The van der Waals surface area contributed by atoms with Crippen molar-refractivity contribution in [2.24, 2.45) is 4.99 Å². The third-order valence-electron chi connectivity index (χ3n) is 8.28. The van der Waals surface area contributed by atoms with E-state index in [1.54, 1.807) is 0 Å². The third kappa shape index (κ3) is 6.62. The van der Waals surface area contributed by atoms with Gasteiger partial charge in [0.1, 0.15) is 11.4 Å². The molecule has 5 heterocycles. The van der Waals surface area contributed by atoms with Gasteiger partial charge < -0.3 is 19.1 Å². The van der Waals surface area contributed by atoms with Gasteiger partial charge in [-0.2, -0.15) is 5.10 Å². The Morgan fingerprint density at radius 3 is 2.36 bits per heavy atom. The molecule has 44 heavy (non-hydrogen) atoms. The number of ether oxygens (including phenoxy) is 3. The number of rotatable bonds is 7. The first-order chi connectivity index (χ1) is 21.4. The SMILES string of the molecule is CC(C)(C)OC(=Nc1ccc(-c2nc(N3CCOCC3)c3cnn(C4CCN(Cc5ccccc5)CC4)c3n2)cc1)C1CO1. The lowest BCUT2D eigenvalue weighted by Gasteiger charge is -2.32. The summed E-state index contributed by atoms with van der Waals surface area (Å²) in [5.41, 5.74) is 3.66. The van der Waals surface area contributed by atoms with Gasteiger partial charge in [0, 0.05) is 38.3 Å². The number of hydrogen-bond donors (Lipinski definition) is 0. The zero-order valence-electron chi connectivity index (χ0n) is 25.9. The summed E-state index contributed by atoms with van der Waals surface area (Å²) in [6.07, 6.45) is 3.95. The van der Waals surface area contributed by atoms with Crippen LogP contribution in [0.1, 0.15) is 45.2 Å². The van der Waals surface area contributed by atoms with Crippen LogP contribution in [0.3, 0.4) is 0 Å². The maximum atomic E-state index is 6.08.